The molecule has 0 spiro atoms. The number of rotatable bonds is 7. The van der Waals surface area contributed by atoms with Crippen molar-refractivity contribution in [2.24, 2.45) is 0 Å². The first-order valence-corrected chi connectivity index (χ1v) is 8.39. The van der Waals surface area contributed by atoms with Gasteiger partial charge in [-0.1, -0.05) is 18.2 Å². The van der Waals surface area contributed by atoms with E-state index in [-0.39, 0.29) is 5.91 Å². The van der Waals surface area contributed by atoms with Gasteiger partial charge in [-0.15, -0.1) is 0 Å². The molecule has 2 aromatic heterocycles. The highest BCUT2D eigenvalue weighted by atomic mass is 16.5. The van der Waals surface area contributed by atoms with E-state index in [1.165, 1.54) is 0 Å². The van der Waals surface area contributed by atoms with Gasteiger partial charge in [0.25, 0.3) is 5.91 Å². The van der Waals surface area contributed by atoms with Crippen molar-refractivity contribution in [1.29, 1.82) is 0 Å². The molecule has 0 saturated heterocycles. The van der Waals surface area contributed by atoms with E-state index >= 15 is 0 Å². The monoisotopic (exact) mass is 348 g/mol. The van der Waals surface area contributed by atoms with Crippen LogP contribution < -0.4 is 15.4 Å². The van der Waals surface area contributed by atoms with Crippen LogP contribution in [0.3, 0.4) is 0 Å². The third kappa shape index (κ3) is 4.57. The van der Waals surface area contributed by atoms with E-state index in [2.05, 4.69) is 20.6 Å². The highest BCUT2D eigenvalue weighted by molar-refractivity contribution is 6.04. The number of nitrogens with one attached hydrogen (secondary N) is 2. The summed E-state index contributed by atoms with van der Waals surface area (Å²) in [5.41, 5.74) is 2.03. The molecule has 0 unspecified atom stereocenters. The standard InChI is InChI=1S/C20H20N4O2/c1-2-26-18-9-4-3-8-17(18)24-20(25)15-10-11-19(22-13-15)23-14-16-7-5-6-12-21-16/h3-13H,2,14H2,1H3,(H,22,23)(H,24,25). The lowest BCUT2D eigenvalue weighted by atomic mass is 10.2. The molecule has 0 bridgehead atoms. The molecule has 0 aliphatic carbocycles. The van der Waals surface area contributed by atoms with E-state index < -0.39 is 0 Å². The van der Waals surface area contributed by atoms with Gasteiger partial charge in [0.15, 0.2) is 0 Å². The highest BCUT2D eigenvalue weighted by Gasteiger charge is 2.10. The van der Waals surface area contributed by atoms with Gasteiger partial charge in [-0.25, -0.2) is 4.98 Å². The summed E-state index contributed by atoms with van der Waals surface area (Å²) in [5, 5.41) is 6.03. The number of benzene rings is 1. The van der Waals surface area contributed by atoms with Crippen LogP contribution in [0.25, 0.3) is 0 Å². The molecule has 6 nitrogen and oxygen atoms in total. The van der Waals surface area contributed by atoms with Crippen LogP contribution in [-0.2, 0) is 6.54 Å². The molecule has 132 valence electrons. The van der Waals surface area contributed by atoms with E-state index in [0.717, 1.165) is 5.69 Å². The van der Waals surface area contributed by atoms with Crippen LogP contribution in [0.5, 0.6) is 5.75 Å². The zero-order valence-electron chi connectivity index (χ0n) is 14.5. The molecule has 0 atom stereocenters. The summed E-state index contributed by atoms with van der Waals surface area (Å²) >= 11 is 0. The van der Waals surface area contributed by atoms with Crippen LogP contribution >= 0.6 is 0 Å². The van der Waals surface area contributed by atoms with Gasteiger partial charge in [0.05, 0.1) is 30.1 Å². The van der Waals surface area contributed by atoms with Crippen molar-refractivity contribution in [3.63, 3.8) is 0 Å². The molecule has 0 fully saturated rings. The average Bonchev–Trinajstić information content (AvgIpc) is 2.69. The molecule has 2 N–H and O–H groups in total. The van der Waals surface area contributed by atoms with Crippen molar-refractivity contribution in [1.82, 2.24) is 9.97 Å². The number of carbonyl (C=O) groups is 1. The minimum atomic E-state index is -0.235. The van der Waals surface area contributed by atoms with Gasteiger partial charge >= 0.3 is 0 Å². The molecule has 0 radical (unpaired) electrons. The van der Waals surface area contributed by atoms with E-state index in [9.17, 15) is 4.79 Å². The second kappa shape index (κ2) is 8.62. The maximum absolute atomic E-state index is 12.4. The smallest absolute Gasteiger partial charge is 0.257 e. The average molecular weight is 348 g/mol. The predicted octanol–water partition coefficient (Wildman–Crippen LogP) is 3.74. The van der Waals surface area contributed by atoms with Crippen LogP contribution in [0.4, 0.5) is 11.5 Å². The lowest BCUT2D eigenvalue weighted by Gasteiger charge is -2.11. The molecule has 0 aliphatic rings. The Bertz CT molecular complexity index is 851. The van der Waals surface area contributed by atoms with Gasteiger partial charge in [0.1, 0.15) is 11.6 Å². The Hall–Kier alpha value is -3.41. The zero-order valence-corrected chi connectivity index (χ0v) is 14.5. The molecule has 26 heavy (non-hydrogen) atoms. The molecule has 1 amide bonds. The molecule has 2 heterocycles. The molecule has 0 aliphatic heterocycles. The number of nitrogens with zero attached hydrogens (tertiary/aromatic N) is 2. The minimum absolute atomic E-state index is 0.235. The maximum atomic E-state index is 12.4. The van der Waals surface area contributed by atoms with Gasteiger partial charge < -0.3 is 15.4 Å². The number of pyridine rings is 2. The number of ether oxygens (including phenoxy) is 1. The van der Waals surface area contributed by atoms with Gasteiger partial charge in [0.2, 0.25) is 0 Å². The van der Waals surface area contributed by atoms with Crippen molar-refractivity contribution in [3.8, 4) is 5.75 Å². The second-order valence-electron chi connectivity index (χ2n) is 5.49. The first-order valence-electron chi connectivity index (χ1n) is 8.39. The Labute approximate surface area is 152 Å². The molecular formula is C20H20N4O2. The molecule has 3 rings (SSSR count). The predicted molar refractivity (Wildman–Crippen MR) is 101 cm³/mol. The van der Waals surface area contributed by atoms with Crippen LogP contribution in [0.15, 0.2) is 67.0 Å². The van der Waals surface area contributed by atoms with Crippen LogP contribution in [0.1, 0.15) is 23.0 Å². The molecule has 1 aromatic carbocycles. The van der Waals surface area contributed by atoms with Crippen molar-refractivity contribution < 1.29 is 9.53 Å². The summed E-state index contributed by atoms with van der Waals surface area (Å²) in [6.07, 6.45) is 3.29. The Morgan fingerprint density at radius 2 is 1.88 bits per heavy atom. The van der Waals surface area contributed by atoms with Gasteiger partial charge in [-0.2, -0.15) is 0 Å². The summed E-state index contributed by atoms with van der Waals surface area (Å²) in [7, 11) is 0. The number of hydrogen-bond donors (Lipinski definition) is 2. The topological polar surface area (TPSA) is 76.1 Å². The molecule has 6 heteroatoms. The normalized spacial score (nSPS) is 10.2. The third-order valence-electron chi connectivity index (χ3n) is 3.64. The van der Waals surface area contributed by atoms with Crippen molar-refractivity contribution >= 4 is 17.4 Å². The first kappa shape index (κ1) is 17.4. The molecule has 0 saturated carbocycles. The van der Waals surface area contributed by atoms with Crippen molar-refractivity contribution in [2.45, 2.75) is 13.5 Å². The summed E-state index contributed by atoms with van der Waals surface area (Å²) in [4.78, 5) is 21.0. The number of anilines is 2. The number of amides is 1. The number of hydrogen-bond acceptors (Lipinski definition) is 5. The minimum Gasteiger partial charge on any atom is -0.492 e. The van der Waals surface area contributed by atoms with E-state index in [1.54, 1.807) is 30.6 Å². The summed E-state index contributed by atoms with van der Waals surface area (Å²) in [6, 6.07) is 16.6. The highest BCUT2D eigenvalue weighted by Crippen LogP contribution is 2.24. The fourth-order valence-corrected chi connectivity index (χ4v) is 2.36. The van der Waals surface area contributed by atoms with Crippen molar-refractivity contribution in [2.75, 3.05) is 17.2 Å². The van der Waals surface area contributed by atoms with Gasteiger partial charge in [-0.3, -0.25) is 9.78 Å². The quantitative estimate of drug-likeness (QED) is 0.680. The lowest BCUT2D eigenvalue weighted by Crippen LogP contribution is -2.13. The van der Waals surface area contributed by atoms with Crippen LogP contribution in [-0.4, -0.2) is 22.5 Å². The van der Waals surface area contributed by atoms with E-state index in [0.29, 0.717) is 36.0 Å². The summed E-state index contributed by atoms with van der Waals surface area (Å²) < 4.78 is 5.52. The summed E-state index contributed by atoms with van der Waals surface area (Å²) in [5.74, 6) is 1.09. The number of aromatic nitrogens is 2. The zero-order chi connectivity index (χ0) is 18.2. The molecular weight excluding hydrogens is 328 g/mol. The van der Waals surface area contributed by atoms with Crippen LogP contribution in [0, 0.1) is 0 Å². The lowest BCUT2D eigenvalue weighted by molar-refractivity contribution is 0.102. The number of para-hydroxylation sites is 2. The largest absolute Gasteiger partial charge is 0.492 e. The Balaban J connectivity index is 1.62. The second-order valence-corrected chi connectivity index (χ2v) is 5.49. The first-order chi connectivity index (χ1) is 12.8. The van der Waals surface area contributed by atoms with Gasteiger partial charge in [-0.05, 0) is 43.3 Å². The Morgan fingerprint density at radius 3 is 2.62 bits per heavy atom. The SMILES string of the molecule is CCOc1ccccc1NC(=O)c1ccc(NCc2ccccn2)nc1. The fraction of sp³-hybridized carbons (Fsp3) is 0.150. The van der Waals surface area contributed by atoms with Crippen LogP contribution in [0.2, 0.25) is 0 Å². The third-order valence-corrected chi connectivity index (χ3v) is 3.64. The van der Waals surface area contributed by atoms with E-state index in [4.69, 9.17) is 4.74 Å². The summed E-state index contributed by atoms with van der Waals surface area (Å²) in [6.45, 7) is 3.01. The van der Waals surface area contributed by atoms with E-state index in [1.807, 2.05) is 43.3 Å². The van der Waals surface area contributed by atoms with Crippen molar-refractivity contribution in [3.05, 3.63) is 78.2 Å². The fourth-order valence-electron chi connectivity index (χ4n) is 2.36. The molecule has 3 aromatic rings. The Morgan fingerprint density at radius 1 is 1.04 bits per heavy atom. The van der Waals surface area contributed by atoms with Gasteiger partial charge in [0, 0.05) is 12.4 Å². The Kier molecular flexibility index (Phi) is 5.77. The number of carbonyl (C=O) groups excluding carboxylic acids is 1. The maximum Gasteiger partial charge on any atom is 0.257 e.